The maximum Gasteiger partial charge on any atom is 0.204 e. The number of hydrogen-bond donors (Lipinski definition) is 1. The summed E-state index contributed by atoms with van der Waals surface area (Å²) in [5, 5.41) is 5.04. The van der Waals surface area contributed by atoms with Gasteiger partial charge in [-0.1, -0.05) is 55.3 Å². The molecule has 1 N–H and O–H groups in total. The van der Waals surface area contributed by atoms with Crippen molar-refractivity contribution in [2.45, 2.75) is 6.92 Å². The fraction of sp³-hybridized carbons (Fsp3) is 0.0667. The third-order valence-electron chi connectivity index (χ3n) is 2.97. The van der Waals surface area contributed by atoms with Crippen LogP contribution >= 0.6 is 43.2 Å². The fourth-order valence-corrected chi connectivity index (χ4v) is 3.86. The fourth-order valence-electron chi connectivity index (χ4n) is 1.82. The van der Waals surface area contributed by atoms with Crippen LogP contribution in [0.25, 0.3) is 10.2 Å². The molecule has 2 aromatic carbocycles. The van der Waals surface area contributed by atoms with Crippen LogP contribution in [0.15, 0.2) is 50.4 Å². The molecule has 3 nitrogen and oxygen atoms in total. The number of halogens is 2. The maximum atomic E-state index is 4.47. The lowest BCUT2D eigenvalue weighted by Gasteiger charge is -2.03. The second kappa shape index (κ2) is 6.25. The number of nitrogens with zero attached hydrogens (tertiary/aromatic N) is 2. The summed E-state index contributed by atoms with van der Waals surface area (Å²) in [5.41, 5.74) is 6.15. The number of hydrogen-bond acceptors (Lipinski definition) is 4. The van der Waals surface area contributed by atoms with Gasteiger partial charge in [-0.2, -0.15) is 5.10 Å². The predicted molar refractivity (Wildman–Crippen MR) is 97.4 cm³/mol. The minimum Gasteiger partial charge on any atom is -0.253 e. The smallest absolute Gasteiger partial charge is 0.204 e. The van der Waals surface area contributed by atoms with E-state index in [-0.39, 0.29) is 0 Å². The molecular weight excluding hydrogens is 414 g/mol. The molecule has 0 bridgehead atoms. The Kier molecular flexibility index (Phi) is 4.37. The van der Waals surface area contributed by atoms with E-state index in [9.17, 15) is 0 Å². The molecule has 0 radical (unpaired) electrons. The third-order valence-corrected chi connectivity index (χ3v) is 5.56. The van der Waals surface area contributed by atoms with Crippen molar-refractivity contribution in [1.82, 2.24) is 4.98 Å². The van der Waals surface area contributed by atoms with Crippen molar-refractivity contribution < 1.29 is 0 Å². The number of anilines is 1. The van der Waals surface area contributed by atoms with Crippen molar-refractivity contribution in [1.29, 1.82) is 0 Å². The zero-order valence-corrected chi connectivity index (χ0v) is 15.1. The van der Waals surface area contributed by atoms with Crippen LogP contribution in [0, 0.1) is 6.92 Å². The molecule has 0 amide bonds. The van der Waals surface area contributed by atoms with Crippen LogP contribution in [0.5, 0.6) is 0 Å². The lowest BCUT2D eigenvalue weighted by Crippen LogP contribution is -1.91. The van der Waals surface area contributed by atoms with E-state index in [0.717, 1.165) is 29.9 Å². The highest BCUT2D eigenvalue weighted by Gasteiger charge is 2.03. The van der Waals surface area contributed by atoms with Crippen LogP contribution in [-0.4, -0.2) is 11.2 Å². The molecule has 0 atom stereocenters. The van der Waals surface area contributed by atoms with Gasteiger partial charge in [-0.3, -0.25) is 5.43 Å². The highest BCUT2D eigenvalue weighted by Crippen LogP contribution is 2.26. The first-order chi connectivity index (χ1) is 10.1. The van der Waals surface area contributed by atoms with Gasteiger partial charge in [0.15, 0.2) is 0 Å². The SMILES string of the molecule is Cc1c(Br)cc(/C=N\Nc2nc3ccccc3s2)cc1Br. The van der Waals surface area contributed by atoms with E-state index >= 15 is 0 Å². The average molecular weight is 425 g/mol. The number of fused-ring (bicyclic) bond motifs is 1. The van der Waals surface area contributed by atoms with Gasteiger partial charge in [0, 0.05) is 8.95 Å². The highest BCUT2D eigenvalue weighted by atomic mass is 79.9. The summed E-state index contributed by atoms with van der Waals surface area (Å²) in [7, 11) is 0. The van der Waals surface area contributed by atoms with Crippen molar-refractivity contribution in [2.24, 2.45) is 5.10 Å². The van der Waals surface area contributed by atoms with E-state index in [2.05, 4.69) is 60.4 Å². The summed E-state index contributed by atoms with van der Waals surface area (Å²) in [6, 6.07) is 12.1. The molecule has 0 unspecified atom stereocenters. The van der Waals surface area contributed by atoms with E-state index in [0.29, 0.717) is 0 Å². The van der Waals surface area contributed by atoms with Crippen LogP contribution in [0.4, 0.5) is 5.13 Å². The number of nitrogens with one attached hydrogen (secondary N) is 1. The molecular formula is C15H11Br2N3S. The van der Waals surface area contributed by atoms with E-state index in [1.807, 2.05) is 30.3 Å². The molecule has 3 aromatic rings. The van der Waals surface area contributed by atoms with Gasteiger partial charge in [-0.25, -0.2) is 4.98 Å². The lowest BCUT2D eigenvalue weighted by molar-refractivity contribution is 1.31. The Hall–Kier alpha value is -1.24. The molecule has 106 valence electrons. The standard InChI is InChI=1S/C15H11Br2N3S/c1-9-11(16)6-10(7-12(9)17)8-18-20-15-19-13-4-2-3-5-14(13)21-15/h2-8H,1H3,(H,19,20)/b18-8-. The van der Waals surface area contributed by atoms with Gasteiger partial charge in [0.05, 0.1) is 16.4 Å². The Balaban J connectivity index is 1.77. The second-order valence-corrected chi connectivity index (χ2v) is 7.21. The summed E-state index contributed by atoms with van der Waals surface area (Å²) in [5.74, 6) is 0. The van der Waals surface area contributed by atoms with Crippen LogP contribution in [0.2, 0.25) is 0 Å². The second-order valence-electron chi connectivity index (χ2n) is 4.47. The highest BCUT2D eigenvalue weighted by molar-refractivity contribution is 9.11. The third kappa shape index (κ3) is 3.33. The summed E-state index contributed by atoms with van der Waals surface area (Å²) in [4.78, 5) is 4.47. The van der Waals surface area contributed by atoms with Gasteiger partial charge < -0.3 is 0 Å². The Morgan fingerprint density at radius 2 is 1.90 bits per heavy atom. The molecule has 0 aliphatic heterocycles. The van der Waals surface area contributed by atoms with E-state index < -0.39 is 0 Å². The molecule has 21 heavy (non-hydrogen) atoms. The summed E-state index contributed by atoms with van der Waals surface area (Å²) in [6.45, 7) is 2.05. The molecule has 3 rings (SSSR count). The van der Waals surface area contributed by atoms with Crippen LogP contribution in [-0.2, 0) is 0 Å². The van der Waals surface area contributed by atoms with Crippen molar-refractivity contribution in [3.63, 3.8) is 0 Å². The first-order valence-corrected chi connectivity index (χ1v) is 8.64. The van der Waals surface area contributed by atoms with Crippen molar-refractivity contribution in [3.8, 4) is 0 Å². The molecule has 0 aliphatic carbocycles. The van der Waals surface area contributed by atoms with Gasteiger partial charge in [-0.15, -0.1) is 0 Å². The van der Waals surface area contributed by atoms with E-state index in [1.54, 1.807) is 17.6 Å². The van der Waals surface area contributed by atoms with Gasteiger partial charge in [0.1, 0.15) is 0 Å². The summed E-state index contributed by atoms with van der Waals surface area (Å²) >= 11 is 8.66. The molecule has 1 aromatic heterocycles. The minimum absolute atomic E-state index is 0.790. The number of rotatable bonds is 3. The number of aromatic nitrogens is 1. The van der Waals surface area contributed by atoms with E-state index in [4.69, 9.17) is 0 Å². The van der Waals surface area contributed by atoms with Crippen molar-refractivity contribution >= 4 is 64.8 Å². The number of para-hydroxylation sites is 1. The van der Waals surface area contributed by atoms with Crippen LogP contribution < -0.4 is 5.43 Å². The predicted octanol–water partition coefficient (Wildman–Crippen LogP) is 5.58. The largest absolute Gasteiger partial charge is 0.253 e. The van der Waals surface area contributed by atoms with Crippen molar-refractivity contribution in [3.05, 3.63) is 56.5 Å². The summed E-state index contributed by atoms with van der Waals surface area (Å²) < 4.78 is 3.26. The van der Waals surface area contributed by atoms with Gasteiger partial charge >= 0.3 is 0 Å². The zero-order chi connectivity index (χ0) is 14.8. The van der Waals surface area contributed by atoms with Gasteiger partial charge in [0.2, 0.25) is 5.13 Å². The van der Waals surface area contributed by atoms with E-state index in [1.165, 1.54) is 5.56 Å². The summed E-state index contributed by atoms with van der Waals surface area (Å²) in [6.07, 6.45) is 1.78. The molecule has 6 heteroatoms. The lowest BCUT2D eigenvalue weighted by atomic mass is 10.2. The first kappa shape index (κ1) is 14.7. The molecule has 0 spiro atoms. The number of thiazole rings is 1. The molecule has 1 heterocycles. The molecule has 0 aliphatic rings. The molecule has 0 saturated heterocycles. The maximum absolute atomic E-state index is 4.47. The quantitative estimate of drug-likeness (QED) is 0.440. The number of benzene rings is 2. The molecule has 0 fully saturated rings. The molecule has 0 saturated carbocycles. The Labute approximate surface area is 143 Å². The topological polar surface area (TPSA) is 37.3 Å². The van der Waals surface area contributed by atoms with Crippen LogP contribution in [0.1, 0.15) is 11.1 Å². The first-order valence-electron chi connectivity index (χ1n) is 6.24. The monoisotopic (exact) mass is 423 g/mol. The van der Waals surface area contributed by atoms with Gasteiger partial charge in [0.25, 0.3) is 0 Å². The minimum atomic E-state index is 0.790. The van der Waals surface area contributed by atoms with Gasteiger partial charge in [-0.05, 0) is 42.3 Å². The Morgan fingerprint density at radius 1 is 1.19 bits per heavy atom. The average Bonchev–Trinajstić information content (AvgIpc) is 2.87. The Bertz CT molecular complexity index is 771. The zero-order valence-electron chi connectivity index (χ0n) is 11.1. The Morgan fingerprint density at radius 3 is 2.62 bits per heavy atom. The number of hydrazone groups is 1. The van der Waals surface area contributed by atoms with Crippen LogP contribution in [0.3, 0.4) is 0 Å². The normalized spacial score (nSPS) is 11.4. The van der Waals surface area contributed by atoms with Crippen molar-refractivity contribution in [2.75, 3.05) is 5.43 Å².